The lowest BCUT2D eigenvalue weighted by Gasteiger charge is -2.06. The van der Waals surface area contributed by atoms with Crippen molar-refractivity contribution in [1.29, 1.82) is 5.41 Å². The number of amides is 2. The van der Waals surface area contributed by atoms with Crippen molar-refractivity contribution in [2.24, 2.45) is 0 Å². The van der Waals surface area contributed by atoms with Crippen LogP contribution in [0, 0.1) is 12.3 Å². The van der Waals surface area contributed by atoms with Crippen LogP contribution in [0.15, 0.2) is 70.7 Å². The molecule has 2 aromatic carbocycles. The van der Waals surface area contributed by atoms with Crippen molar-refractivity contribution in [2.45, 2.75) is 37.1 Å². The zero-order chi connectivity index (χ0) is 24.9. The highest BCUT2D eigenvalue weighted by Gasteiger charge is 2.19. The molecule has 0 fully saturated rings. The smallest absolute Gasteiger partial charge is 0.256 e. The summed E-state index contributed by atoms with van der Waals surface area (Å²) in [6.45, 7) is 6.45. The van der Waals surface area contributed by atoms with Crippen LogP contribution in [-0.2, 0) is 11.3 Å². The van der Waals surface area contributed by atoms with Gasteiger partial charge in [-0.25, -0.2) is 4.98 Å². The average Bonchev–Trinajstić information content (AvgIpc) is 3.23. The number of thiazole rings is 1. The predicted octanol–water partition coefficient (Wildman–Crippen LogP) is 6.00. The first-order chi connectivity index (χ1) is 16.5. The van der Waals surface area contributed by atoms with Crippen LogP contribution in [0.25, 0.3) is 0 Å². The minimum atomic E-state index is -1.03. The summed E-state index contributed by atoms with van der Waals surface area (Å²) in [6.07, 6.45) is 4.48. The van der Waals surface area contributed by atoms with Crippen molar-refractivity contribution < 1.29 is 14.0 Å². The van der Waals surface area contributed by atoms with E-state index >= 15 is 0 Å². The Morgan fingerprint density at radius 2 is 1.97 bits per heavy atom. The molecule has 0 atom stereocenters. The van der Waals surface area contributed by atoms with Crippen LogP contribution in [0.3, 0.4) is 0 Å². The molecule has 0 saturated heterocycles. The van der Waals surface area contributed by atoms with E-state index < -0.39 is 5.97 Å². The molecule has 2 heterocycles. The lowest BCUT2D eigenvalue weighted by molar-refractivity contribution is -0.109. The van der Waals surface area contributed by atoms with E-state index in [1.165, 1.54) is 17.5 Å². The molecule has 1 aliphatic heterocycles. The van der Waals surface area contributed by atoms with Crippen LogP contribution in [0.2, 0.25) is 0 Å². The van der Waals surface area contributed by atoms with Gasteiger partial charge in [-0.3, -0.25) is 15.0 Å². The molecule has 7 nitrogen and oxygen atoms in total. The van der Waals surface area contributed by atoms with Gasteiger partial charge in [-0.15, -0.1) is 0 Å². The Morgan fingerprint density at radius 1 is 1.21 bits per heavy atom. The number of hydrogen-bond donors (Lipinski definition) is 4. The monoisotopic (exact) mass is 499 g/mol. The standard InChI is InChI=1S/C14H11NOS.C8H9FN4OS.C2H6/c1-9-6-7-13-11(8-9)15-14(16)10-4-2-3-5-12(10)17-13;9-7(10)1-2-12-8-13-4-6(15-8)3-11-5-14;1-2/h2-8H,1H3,(H,15,16);1-2,4-5,10H,3H2,(H,11,14)(H,12,13);1-2H3/b;2-1-,10-7?;. The van der Waals surface area contributed by atoms with E-state index in [1.807, 2.05) is 51.1 Å². The van der Waals surface area contributed by atoms with Crippen LogP contribution < -0.4 is 16.0 Å². The van der Waals surface area contributed by atoms with Gasteiger partial charge in [0.15, 0.2) is 5.13 Å². The van der Waals surface area contributed by atoms with Crippen LogP contribution >= 0.6 is 23.1 Å². The van der Waals surface area contributed by atoms with Crippen LogP contribution in [0.4, 0.5) is 15.2 Å². The zero-order valence-electron chi connectivity index (χ0n) is 19.0. The lowest BCUT2D eigenvalue weighted by atomic mass is 10.2. The van der Waals surface area contributed by atoms with Gasteiger partial charge in [-0.05, 0) is 36.8 Å². The summed E-state index contributed by atoms with van der Waals surface area (Å²) in [7, 11) is 0. The third kappa shape index (κ3) is 8.13. The van der Waals surface area contributed by atoms with E-state index in [0.29, 0.717) is 18.1 Å². The van der Waals surface area contributed by atoms with E-state index in [4.69, 9.17) is 5.41 Å². The fourth-order valence-corrected chi connectivity index (χ4v) is 4.42. The molecule has 4 rings (SSSR count). The maximum Gasteiger partial charge on any atom is 0.256 e. The highest BCUT2D eigenvalue weighted by molar-refractivity contribution is 7.99. The third-order valence-corrected chi connectivity index (χ3v) is 6.16. The number of hydrogen-bond acceptors (Lipinski definition) is 7. The molecule has 10 heteroatoms. The van der Waals surface area contributed by atoms with Gasteiger partial charge < -0.3 is 16.0 Å². The topological polar surface area (TPSA) is 107 Å². The van der Waals surface area contributed by atoms with Crippen molar-refractivity contribution in [3.8, 4) is 0 Å². The molecule has 0 aliphatic carbocycles. The summed E-state index contributed by atoms with van der Waals surface area (Å²) >= 11 is 2.97. The maximum atomic E-state index is 12.1. The fourth-order valence-electron chi connectivity index (χ4n) is 2.67. The number of anilines is 2. The third-order valence-electron chi connectivity index (χ3n) is 4.08. The van der Waals surface area contributed by atoms with Crippen molar-refractivity contribution in [2.75, 3.05) is 10.6 Å². The number of allylic oxidation sites excluding steroid dienone is 1. The van der Waals surface area contributed by atoms with E-state index in [1.54, 1.807) is 18.0 Å². The van der Waals surface area contributed by atoms with Crippen molar-refractivity contribution in [3.63, 3.8) is 0 Å². The molecule has 3 aromatic rings. The Bertz CT molecular complexity index is 1160. The highest BCUT2D eigenvalue weighted by Crippen LogP contribution is 2.38. The van der Waals surface area contributed by atoms with Gasteiger partial charge in [-0.1, -0.05) is 55.1 Å². The van der Waals surface area contributed by atoms with Crippen molar-refractivity contribution in [1.82, 2.24) is 10.3 Å². The second kappa shape index (κ2) is 13.9. The SMILES string of the molecule is CC.Cc1ccc2c(c1)NC(=O)c1ccccc1S2.N=C(F)/C=C\Nc1ncc(CNC=O)s1. The highest BCUT2D eigenvalue weighted by atomic mass is 32.2. The van der Waals surface area contributed by atoms with Crippen molar-refractivity contribution >= 4 is 52.2 Å². The Kier molecular flexibility index (Phi) is 10.9. The Hall–Kier alpha value is -3.50. The molecule has 4 N–H and O–H groups in total. The van der Waals surface area contributed by atoms with Crippen LogP contribution in [-0.4, -0.2) is 23.3 Å². The minimum Gasteiger partial charge on any atom is -0.354 e. The van der Waals surface area contributed by atoms with Gasteiger partial charge in [0.1, 0.15) is 0 Å². The minimum absolute atomic E-state index is 0.0301. The molecule has 0 spiro atoms. The molecular formula is C24H26FN5O2S2. The van der Waals surface area contributed by atoms with Gasteiger partial charge in [-0.2, -0.15) is 4.39 Å². The zero-order valence-corrected chi connectivity index (χ0v) is 20.6. The average molecular weight is 500 g/mol. The van der Waals surface area contributed by atoms with Crippen LogP contribution in [0.5, 0.6) is 0 Å². The van der Waals surface area contributed by atoms with Crippen LogP contribution in [0.1, 0.15) is 34.6 Å². The summed E-state index contributed by atoms with van der Waals surface area (Å²) in [6, 6.07) is 13.8. The number of halogens is 1. The van der Waals surface area contributed by atoms with E-state index in [9.17, 15) is 14.0 Å². The number of aromatic nitrogens is 1. The number of benzene rings is 2. The number of carbonyl (C=O) groups excluding carboxylic acids is 2. The number of nitrogens with one attached hydrogen (secondary N) is 4. The first-order valence-electron chi connectivity index (χ1n) is 10.4. The molecule has 0 unspecified atom stereocenters. The molecule has 0 saturated carbocycles. The summed E-state index contributed by atoms with van der Waals surface area (Å²) in [5.74, 6) is -1.06. The quantitative estimate of drug-likeness (QED) is 0.246. The number of rotatable bonds is 6. The molecular weight excluding hydrogens is 473 g/mol. The molecule has 0 radical (unpaired) electrons. The summed E-state index contributed by atoms with van der Waals surface area (Å²) < 4.78 is 12.0. The largest absolute Gasteiger partial charge is 0.354 e. The molecule has 1 aliphatic rings. The molecule has 1 aromatic heterocycles. The summed E-state index contributed by atoms with van der Waals surface area (Å²) in [5, 5.41) is 15.2. The molecule has 2 amide bonds. The van der Waals surface area contributed by atoms with E-state index in [0.717, 1.165) is 37.6 Å². The van der Waals surface area contributed by atoms with E-state index in [2.05, 4.69) is 33.1 Å². The van der Waals surface area contributed by atoms with Crippen molar-refractivity contribution in [3.05, 3.63) is 76.9 Å². The Labute approximate surface area is 206 Å². The Balaban J connectivity index is 0.000000226. The number of nitrogens with zero attached hydrogens (tertiary/aromatic N) is 1. The Morgan fingerprint density at radius 3 is 2.71 bits per heavy atom. The predicted molar refractivity (Wildman–Crippen MR) is 138 cm³/mol. The summed E-state index contributed by atoms with van der Waals surface area (Å²) in [4.78, 5) is 29.0. The molecule has 34 heavy (non-hydrogen) atoms. The first kappa shape index (κ1) is 26.7. The van der Waals surface area contributed by atoms with Gasteiger partial charge in [0.2, 0.25) is 12.4 Å². The van der Waals surface area contributed by atoms with E-state index in [-0.39, 0.29) is 5.91 Å². The number of carbonyl (C=O) groups is 2. The lowest BCUT2D eigenvalue weighted by Crippen LogP contribution is -2.11. The molecule has 0 bridgehead atoms. The normalized spacial score (nSPS) is 11.4. The van der Waals surface area contributed by atoms with Gasteiger partial charge in [0.25, 0.3) is 5.91 Å². The fraction of sp³-hybridized carbons (Fsp3) is 0.167. The second-order valence-electron chi connectivity index (χ2n) is 6.51. The van der Waals surface area contributed by atoms with Gasteiger partial charge in [0, 0.05) is 33.1 Å². The molecule has 178 valence electrons. The number of fused-ring (bicyclic) bond motifs is 2. The van der Waals surface area contributed by atoms with Gasteiger partial charge >= 0.3 is 0 Å². The first-order valence-corrected chi connectivity index (χ1v) is 12.1. The second-order valence-corrected chi connectivity index (χ2v) is 8.71. The van der Waals surface area contributed by atoms with Gasteiger partial charge in [0.05, 0.1) is 17.8 Å². The maximum absolute atomic E-state index is 12.1. The summed E-state index contributed by atoms with van der Waals surface area (Å²) in [5.41, 5.74) is 2.79. The number of aryl methyl sites for hydroxylation is 1.